The van der Waals surface area contributed by atoms with E-state index in [1.165, 1.54) is 0 Å². The summed E-state index contributed by atoms with van der Waals surface area (Å²) in [5, 5.41) is 0. The molecule has 2 heteroatoms. The normalized spacial score (nSPS) is 14.9. The molecule has 3 rings (SSSR count). The number of fused-ring (bicyclic) bond motifs is 3. The van der Waals surface area contributed by atoms with Crippen LogP contribution in [0.25, 0.3) is 11.1 Å². The van der Waals surface area contributed by atoms with Gasteiger partial charge in [0.05, 0.1) is 0 Å². The Balaban J connectivity index is 2.07. The molecule has 0 radical (unpaired) electrons. The van der Waals surface area contributed by atoms with Crippen molar-refractivity contribution in [3.63, 3.8) is 0 Å². The summed E-state index contributed by atoms with van der Waals surface area (Å²) in [4.78, 5) is 0. The molecule has 1 heterocycles. The Morgan fingerprint density at radius 1 is 0.696 bits per heavy atom. The first-order valence-electron chi connectivity index (χ1n) is 8.84. The monoisotopic (exact) mass is 310 g/mol. The largest absolute Gasteiger partial charge is 0.452 e. The molecule has 1 aliphatic heterocycles. The Labute approximate surface area is 139 Å². The third kappa shape index (κ3) is 3.36. The molecule has 0 saturated heterocycles. The second kappa shape index (κ2) is 7.08. The van der Waals surface area contributed by atoms with Gasteiger partial charge in [-0.2, -0.15) is 0 Å². The molecule has 0 aromatic heterocycles. The van der Waals surface area contributed by atoms with Gasteiger partial charge in [-0.05, 0) is 25.0 Å². The van der Waals surface area contributed by atoms with Crippen molar-refractivity contribution in [2.45, 2.75) is 58.2 Å². The summed E-state index contributed by atoms with van der Waals surface area (Å²) < 4.78 is 13.0. The van der Waals surface area contributed by atoms with Crippen molar-refractivity contribution in [2.75, 3.05) is 0 Å². The molecule has 0 fully saturated rings. The second-order valence-corrected chi connectivity index (χ2v) is 6.31. The third-order valence-corrected chi connectivity index (χ3v) is 4.48. The van der Waals surface area contributed by atoms with E-state index in [4.69, 9.17) is 9.47 Å². The minimum Gasteiger partial charge on any atom is -0.452 e. The van der Waals surface area contributed by atoms with Crippen LogP contribution in [0.2, 0.25) is 0 Å². The van der Waals surface area contributed by atoms with Gasteiger partial charge in [0.2, 0.25) is 0 Å². The van der Waals surface area contributed by atoms with Crippen LogP contribution in [0.15, 0.2) is 48.5 Å². The fourth-order valence-corrected chi connectivity index (χ4v) is 3.20. The summed E-state index contributed by atoms with van der Waals surface area (Å²) in [6.45, 7) is 4.43. The van der Waals surface area contributed by atoms with Gasteiger partial charge in [0.1, 0.15) is 11.5 Å². The van der Waals surface area contributed by atoms with Crippen molar-refractivity contribution >= 4 is 0 Å². The van der Waals surface area contributed by atoms with Crippen LogP contribution in [0.1, 0.15) is 52.4 Å². The van der Waals surface area contributed by atoms with Crippen molar-refractivity contribution in [3.8, 4) is 22.6 Å². The molecule has 0 atom stereocenters. The predicted octanol–water partition coefficient (Wildman–Crippen LogP) is 6.20. The summed E-state index contributed by atoms with van der Waals surface area (Å²) in [5.74, 6) is 1.32. The first-order chi connectivity index (χ1) is 11.3. The number of ether oxygens (including phenoxy) is 2. The fraction of sp³-hybridized carbons (Fsp3) is 0.429. The highest BCUT2D eigenvalue weighted by Crippen LogP contribution is 2.44. The van der Waals surface area contributed by atoms with Gasteiger partial charge >= 0.3 is 0 Å². The van der Waals surface area contributed by atoms with Gasteiger partial charge in [-0.1, -0.05) is 63.1 Å². The first kappa shape index (κ1) is 15.9. The van der Waals surface area contributed by atoms with Crippen LogP contribution in [0.4, 0.5) is 0 Å². The first-order valence-corrected chi connectivity index (χ1v) is 8.84. The second-order valence-electron chi connectivity index (χ2n) is 6.31. The predicted molar refractivity (Wildman–Crippen MR) is 94.9 cm³/mol. The van der Waals surface area contributed by atoms with Crippen LogP contribution >= 0.6 is 0 Å². The van der Waals surface area contributed by atoms with Gasteiger partial charge in [0.25, 0.3) is 5.79 Å². The lowest BCUT2D eigenvalue weighted by Crippen LogP contribution is -2.42. The molecule has 0 unspecified atom stereocenters. The summed E-state index contributed by atoms with van der Waals surface area (Å²) in [7, 11) is 0. The lowest BCUT2D eigenvalue weighted by Gasteiger charge is -2.34. The van der Waals surface area contributed by atoms with E-state index in [0.29, 0.717) is 0 Å². The Hall–Kier alpha value is -1.96. The van der Waals surface area contributed by atoms with Crippen LogP contribution in [-0.4, -0.2) is 5.79 Å². The fourth-order valence-electron chi connectivity index (χ4n) is 3.20. The number of hydrogen-bond acceptors (Lipinski definition) is 2. The third-order valence-electron chi connectivity index (χ3n) is 4.48. The molecule has 2 nitrogen and oxygen atoms in total. The molecule has 0 aliphatic carbocycles. The maximum atomic E-state index is 6.51. The van der Waals surface area contributed by atoms with Gasteiger partial charge in [0, 0.05) is 24.0 Å². The van der Waals surface area contributed by atoms with E-state index in [1.807, 2.05) is 12.1 Å². The van der Waals surface area contributed by atoms with Gasteiger partial charge in [-0.15, -0.1) is 0 Å². The van der Waals surface area contributed by atoms with Gasteiger partial charge in [-0.25, -0.2) is 0 Å². The smallest absolute Gasteiger partial charge is 0.251 e. The SMILES string of the molecule is CCCCC1(CCCC)Oc2ccccc2-c2ccccc2O1. The average molecular weight is 310 g/mol. The highest BCUT2D eigenvalue weighted by Gasteiger charge is 2.37. The number of benzene rings is 2. The minimum absolute atomic E-state index is 0.547. The van der Waals surface area contributed by atoms with E-state index in [9.17, 15) is 0 Å². The molecule has 0 spiro atoms. The molecule has 1 aliphatic rings. The molecular formula is C21H26O2. The Bertz CT molecular complexity index is 590. The van der Waals surface area contributed by atoms with E-state index in [-0.39, 0.29) is 0 Å². The van der Waals surface area contributed by atoms with Crippen LogP contribution in [0.5, 0.6) is 11.5 Å². The van der Waals surface area contributed by atoms with E-state index in [2.05, 4.69) is 50.2 Å². The minimum atomic E-state index is -0.547. The van der Waals surface area contributed by atoms with E-state index < -0.39 is 5.79 Å². The summed E-state index contributed by atoms with van der Waals surface area (Å²) >= 11 is 0. The molecule has 23 heavy (non-hydrogen) atoms. The highest BCUT2D eigenvalue weighted by molar-refractivity contribution is 5.76. The van der Waals surface area contributed by atoms with Crippen LogP contribution < -0.4 is 9.47 Å². The maximum absolute atomic E-state index is 6.51. The zero-order chi connectivity index (χ0) is 16.1. The van der Waals surface area contributed by atoms with Crippen molar-refractivity contribution in [3.05, 3.63) is 48.5 Å². The topological polar surface area (TPSA) is 18.5 Å². The molecule has 0 saturated carbocycles. The van der Waals surface area contributed by atoms with Gasteiger partial charge < -0.3 is 9.47 Å². The average Bonchev–Trinajstić information content (AvgIpc) is 2.73. The quantitative estimate of drug-likeness (QED) is 0.632. The number of para-hydroxylation sites is 2. The van der Waals surface area contributed by atoms with Crippen molar-refractivity contribution in [1.29, 1.82) is 0 Å². The van der Waals surface area contributed by atoms with Crippen LogP contribution in [-0.2, 0) is 0 Å². The summed E-state index contributed by atoms with van der Waals surface area (Å²) in [6.07, 6.45) is 6.34. The van der Waals surface area contributed by atoms with E-state index in [0.717, 1.165) is 61.2 Å². The van der Waals surface area contributed by atoms with E-state index in [1.54, 1.807) is 0 Å². The molecule has 2 aromatic carbocycles. The zero-order valence-corrected chi connectivity index (χ0v) is 14.2. The number of hydrogen-bond donors (Lipinski definition) is 0. The standard InChI is InChI=1S/C21H26O2/c1-3-5-15-21(16-6-4-2)22-19-13-9-7-11-17(19)18-12-8-10-14-20(18)23-21/h7-14H,3-6,15-16H2,1-2H3. The maximum Gasteiger partial charge on any atom is 0.251 e. The molecular weight excluding hydrogens is 284 g/mol. The van der Waals surface area contributed by atoms with E-state index >= 15 is 0 Å². The molecule has 122 valence electrons. The molecule has 2 aromatic rings. The molecule has 0 bridgehead atoms. The Kier molecular flexibility index (Phi) is 4.90. The molecule has 0 N–H and O–H groups in total. The van der Waals surface area contributed by atoms with Crippen LogP contribution in [0.3, 0.4) is 0 Å². The zero-order valence-electron chi connectivity index (χ0n) is 14.2. The van der Waals surface area contributed by atoms with Crippen molar-refractivity contribution < 1.29 is 9.47 Å². The summed E-state index contributed by atoms with van der Waals surface area (Å²) in [6, 6.07) is 16.6. The van der Waals surface area contributed by atoms with Gasteiger partial charge in [0.15, 0.2) is 0 Å². The molecule has 0 amide bonds. The number of rotatable bonds is 6. The van der Waals surface area contributed by atoms with Gasteiger partial charge in [-0.3, -0.25) is 0 Å². The van der Waals surface area contributed by atoms with Crippen molar-refractivity contribution in [2.24, 2.45) is 0 Å². The van der Waals surface area contributed by atoms with Crippen LogP contribution in [0, 0.1) is 0 Å². The van der Waals surface area contributed by atoms with Crippen molar-refractivity contribution in [1.82, 2.24) is 0 Å². The summed E-state index contributed by atoms with van der Waals surface area (Å²) in [5.41, 5.74) is 2.25. The Morgan fingerprint density at radius 2 is 1.13 bits per heavy atom. The lowest BCUT2D eigenvalue weighted by molar-refractivity contribution is -0.125. The lowest BCUT2D eigenvalue weighted by atomic mass is 10.0. The highest BCUT2D eigenvalue weighted by atomic mass is 16.7. The number of unbranched alkanes of at least 4 members (excludes halogenated alkanes) is 2. The Morgan fingerprint density at radius 3 is 1.57 bits per heavy atom.